The summed E-state index contributed by atoms with van der Waals surface area (Å²) in [5, 5.41) is 3.02. The van der Waals surface area contributed by atoms with Gasteiger partial charge in [-0.25, -0.2) is 8.51 Å². The summed E-state index contributed by atoms with van der Waals surface area (Å²) in [4.78, 5) is 37.0. The predicted molar refractivity (Wildman–Crippen MR) is 98.2 cm³/mol. The molecule has 2 unspecified atom stereocenters. The van der Waals surface area contributed by atoms with Gasteiger partial charge in [-0.3, -0.25) is 14.4 Å². The average molecular weight is 379 g/mol. The van der Waals surface area contributed by atoms with Gasteiger partial charge in [0.15, 0.2) is 16.8 Å². The Bertz CT molecular complexity index is 680. The molecule has 0 aliphatic carbocycles. The van der Waals surface area contributed by atoms with Gasteiger partial charge in [-0.05, 0) is 37.4 Å². The number of nitrogens with one attached hydrogen (secondary N) is 1. The zero-order chi connectivity index (χ0) is 19.1. The molecular formula is C18H25N3O4S. The number of hydrogen-bond acceptors (Lipinski definition) is 5. The molecule has 1 aliphatic rings. The number of primary amides is 1. The van der Waals surface area contributed by atoms with Crippen molar-refractivity contribution in [2.75, 3.05) is 13.1 Å². The minimum absolute atomic E-state index is 0.0126. The van der Waals surface area contributed by atoms with E-state index in [1.807, 2.05) is 0 Å². The van der Waals surface area contributed by atoms with Gasteiger partial charge in [0.1, 0.15) is 6.04 Å². The minimum Gasteiger partial charge on any atom is -0.370 e. The first-order valence-corrected chi connectivity index (χ1v) is 9.81. The molecule has 1 fully saturated rings. The number of carbonyl (C=O) groups is 3. The van der Waals surface area contributed by atoms with Crippen LogP contribution in [0.25, 0.3) is 0 Å². The summed E-state index contributed by atoms with van der Waals surface area (Å²) < 4.78 is 14.3. The number of amides is 2. The third kappa shape index (κ3) is 5.47. The number of benzene rings is 1. The molecular weight excluding hydrogens is 354 g/mol. The van der Waals surface area contributed by atoms with Gasteiger partial charge < -0.3 is 11.1 Å². The maximum absolute atomic E-state index is 13.1. The van der Waals surface area contributed by atoms with E-state index in [9.17, 15) is 18.6 Å². The summed E-state index contributed by atoms with van der Waals surface area (Å²) in [6, 6.07) is 7.87. The van der Waals surface area contributed by atoms with Gasteiger partial charge >= 0.3 is 0 Å². The van der Waals surface area contributed by atoms with Crippen molar-refractivity contribution in [3.8, 4) is 0 Å². The van der Waals surface area contributed by atoms with Gasteiger partial charge in [-0.2, -0.15) is 0 Å². The predicted octanol–water partition coefficient (Wildman–Crippen LogP) is 0.761. The van der Waals surface area contributed by atoms with E-state index >= 15 is 0 Å². The van der Waals surface area contributed by atoms with Crippen LogP contribution in [0.2, 0.25) is 0 Å². The van der Waals surface area contributed by atoms with E-state index in [0.717, 1.165) is 0 Å². The van der Waals surface area contributed by atoms with E-state index in [1.54, 1.807) is 37.3 Å². The van der Waals surface area contributed by atoms with Crippen LogP contribution in [-0.4, -0.2) is 45.2 Å². The molecule has 8 heteroatoms. The lowest BCUT2D eigenvalue weighted by Gasteiger charge is -2.29. The number of ketones is 1. The third-order valence-corrected chi connectivity index (χ3v) is 5.72. The van der Waals surface area contributed by atoms with Crippen molar-refractivity contribution in [2.24, 2.45) is 11.7 Å². The van der Waals surface area contributed by atoms with Crippen LogP contribution < -0.4 is 11.1 Å². The molecule has 0 saturated carbocycles. The summed E-state index contributed by atoms with van der Waals surface area (Å²) >= 11 is 0. The molecule has 7 nitrogen and oxygen atoms in total. The summed E-state index contributed by atoms with van der Waals surface area (Å²) in [6.45, 7) is 2.57. The maximum Gasteiger partial charge on any atom is 0.235 e. The molecule has 1 heterocycles. The first-order valence-electron chi connectivity index (χ1n) is 8.71. The Morgan fingerprint density at radius 2 is 2.00 bits per heavy atom. The van der Waals surface area contributed by atoms with Gasteiger partial charge in [0, 0.05) is 12.8 Å². The Hall–Kier alpha value is -2.06. The minimum atomic E-state index is -1.79. The Balaban J connectivity index is 2.28. The molecule has 1 aromatic rings. The Labute approximate surface area is 155 Å². The van der Waals surface area contributed by atoms with Crippen LogP contribution in [-0.2, 0) is 25.4 Å². The monoisotopic (exact) mass is 379 g/mol. The second-order valence-electron chi connectivity index (χ2n) is 6.56. The van der Waals surface area contributed by atoms with Gasteiger partial charge in [0.05, 0.1) is 11.4 Å². The van der Waals surface area contributed by atoms with E-state index in [1.165, 1.54) is 4.31 Å². The first kappa shape index (κ1) is 20.3. The smallest absolute Gasteiger partial charge is 0.235 e. The van der Waals surface area contributed by atoms with Gasteiger partial charge in [0.25, 0.3) is 0 Å². The van der Waals surface area contributed by atoms with Crippen LogP contribution in [0.15, 0.2) is 35.2 Å². The van der Waals surface area contributed by atoms with Crippen LogP contribution in [0.1, 0.15) is 32.6 Å². The highest BCUT2D eigenvalue weighted by Gasteiger charge is 2.35. The van der Waals surface area contributed by atoms with Crippen molar-refractivity contribution in [1.29, 1.82) is 0 Å². The third-order valence-electron chi connectivity index (χ3n) is 4.23. The van der Waals surface area contributed by atoms with Crippen molar-refractivity contribution < 1.29 is 18.6 Å². The average Bonchev–Trinajstić information content (AvgIpc) is 2.80. The van der Waals surface area contributed by atoms with Gasteiger partial charge in [0.2, 0.25) is 11.8 Å². The van der Waals surface area contributed by atoms with Crippen molar-refractivity contribution in [3.63, 3.8) is 0 Å². The van der Waals surface area contributed by atoms with E-state index in [-0.39, 0.29) is 31.1 Å². The summed E-state index contributed by atoms with van der Waals surface area (Å²) in [6.07, 6.45) is 1.25. The fourth-order valence-corrected chi connectivity index (χ4v) is 4.33. The summed E-state index contributed by atoms with van der Waals surface area (Å²) in [7, 11) is -1.79. The van der Waals surface area contributed by atoms with Gasteiger partial charge in [-0.1, -0.05) is 25.1 Å². The quantitative estimate of drug-likeness (QED) is 0.727. The van der Waals surface area contributed by atoms with E-state index in [4.69, 9.17) is 5.73 Å². The van der Waals surface area contributed by atoms with Crippen molar-refractivity contribution >= 4 is 28.6 Å². The lowest BCUT2D eigenvalue weighted by atomic mass is 10.0. The van der Waals surface area contributed by atoms with E-state index in [0.29, 0.717) is 24.3 Å². The van der Waals surface area contributed by atoms with E-state index in [2.05, 4.69) is 5.32 Å². The Morgan fingerprint density at radius 1 is 1.31 bits per heavy atom. The van der Waals surface area contributed by atoms with Crippen LogP contribution >= 0.6 is 0 Å². The van der Waals surface area contributed by atoms with Crippen molar-refractivity contribution in [3.05, 3.63) is 30.3 Å². The second-order valence-corrected chi connectivity index (χ2v) is 7.93. The van der Waals surface area contributed by atoms with Gasteiger partial charge in [-0.15, -0.1) is 0 Å². The molecule has 0 radical (unpaired) electrons. The summed E-state index contributed by atoms with van der Waals surface area (Å²) in [5.74, 6) is -1.33. The number of carbonyl (C=O) groups excluding carboxylic acids is 3. The maximum atomic E-state index is 13.1. The van der Waals surface area contributed by atoms with Crippen LogP contribution in [0.3, 0.4) is 0 Å². The second kappa shape index (κ2) is 9.59. The fraction of sp³-hybridized carbons (Fsp3) is 0.500. The fourth-order valence-electron chi connectivity index (χ4n) is 2.99. The Morgan fingerprint density at radius 3 is 2.65 bits per heavy atom. The molecule has 0 spiro atoms. The number of nitrogens with two attached hydrogens (primary N) is 1. The van der Waals surface area contributed by atoms with E-state index < -0.39 is 28.8 Å². The molecule has 1 saturated heterocycles. The molecule has 142 valence electrons. The molecule has 1 aromatic carbocycles. The number of hydrogen-bond donors (Lipinski definition) is 2. The highest BCUT2D eigenvalue weighted by molar-refractivity contribution is 7.83. The standard InChI is InChI=1S/C18H25N3O4S/c1-13(10-17(19)23)11-18(24)21(15-8-5-9-20-12-16(15)22)26(25)14-6-3-2-4-7-14/h2-4,6-7,13,15,20H,5,8-12H2,1H3,(H2,19,23)/t13-,15?,26?/m0/s1. The van der Waals surface area contributed by atoms with Crippen LogP contribution in [0, 0.1) is 5.92 Å². The zero-order valence-electron chi connectivity index (χ0n) is 14.8. The molecule has 0 bridgehead atoms. The van der Waals surface area contributed by atoms with Crippen molar-refractivity contribution in [1.82, 2.24) is 9.62 Å². The first-order chi connectivity index (χ1) is 12.4. The van der Waals surface area contributed by atoms with Crippen LogP contribution in [0.4, 0.5) is 0 Å². The molecule has 0 aromatic heterocycles. The molecule has 3 N–H and O–H groups in total. The molecule has 26 heavy (non-hydrogen) atoms. The largest absolute Gasteiger partial charge is 0.370 e. The lowest BCUT2D eigenvalue weighted by Crippen LogP contribution is -2.47. The number of rotatable bonds is 7. The molecule has 2 amide bonds. The normalized spacial score (nSPS) is 20.0. The number of Topliss-reactive ketones (excluding diaryl/α,β-unsaturated/α-hetero) is 1. The highest BCUT2D eigenvalue weighted by Crippen LogP contribution is 2.22. The highest BCUT2D eigenvalue weighted by atomic mass is 32.2. The van der Waals surface area contributed by atoms with Crippen LogP contribution in [0.5, 0.6) is 0 Å². The molecule has 1 aliphatic heterocycles. The zero-order valence-corrected chi connectivity index (χ0v) is 15.7. The lowest BCUT2D eigenvalue weighted by molar-refractivity contribution is -0.134. The van der Waals surface area contributed by atoms with Crippen molar-refractivity contribution in [2.45, 2.75) is 43.5 Å². The number of nitrogens with zero attached hydrogens (tertiary/aromatic N) is 1. The molecule has 2 rings (SSSR count). The summed E-state index contributed by atoms with van der Waals surface area (Å²) in [5.41, 5.74) is 5.20. The Kier molecular flexibility index (Phi) is 7.47. The SMILES string of the molecule is C[C@@H](CC(N)=O)CC(=O)N(C1CCCNCC1=O)S(=O)c1ccccc1. The molecule has 3 atom stereocenters. The topological polar surface area (TPSA) is 110 Å².